The lowest BCUT2D eigenvalue weighted by Crippen LogP contribution is -2.40. The standard InChI is InChI=1S/C16H16F3N3O3/c17-16(18,19)15-21-20-14(25-15)11-6-8-22(9-7-11)13(23)10-24-12-4-2-1-3-5-12/h1-5,11H,6-10H2. The topological polar surface area (TPSA) is 68.5 Å². The fraction of sp³-hybridized carbons (Fsp3) is 0.438. The highest BCUT2D eigenvalue weighted by Gasteiger charge is 2.39. The van der Waals surface area contributed by atoms with Crippen molar-refractivity contribution in [2.24, 2.45) is 0 Å². The van der Waals surface area contributed by atoms with E-state index < -0.39 is 12.1 Å². The Kier molecular flexibility index (Phi) is 4.91. The van der Waals surface area contributed by atoms with Crippen molar-refractivity contribution in [3.8, 4) is 5.75 Å². The maximum absolute atomic E-state index is 12.5. The van der Waals surface area contributed by atoms with E-state index in [0.717, 1.165) is 0 Å². The van der Waals surface area contributed by atoms with E-state index in [1.54, 1.807) is 17.0 Å². The lowest BCUT2D eigenvalue weighted by molar-refractivity contribution is -0.157. The summed E-state index contributed by atoms with van der Waals surface area (Å²) in [4.78, 5) is 13.8. The number of amides is 1. The van der Waals surface area contributed by atoms with E-state index in [-0.39, 0.29) is 24.3 Å². The van der Waals surface area contributed by atoms with Gasteiger partial charge in [-0.05, 0) is 25.0 Å². The van der Waals surface area contributed by atoms with Gasteiger partial charge in [0.2, 0.25) is 5.89 Å². The van der Waals surface area contributed by atoms with Gasteiger partial charge in [-0.2, -0.15) is 13.2 Å². The van der Waals surface area contributed by atoms with Gasteiger partial charge in [-0.25, -0.2) is 0 Å². The van der Waals surface area contributed by atoms with Gasteiger partial charge in [0.05, 0.1) is 0 Å². The Balaban J connectivity index is 1.50. The van der Waals surface area contributed by atoms with E-state index in [1.807, 2.05) is 18.2 Å². The van der Waals surface area contributed by atoms with Crippen molar-refractivity contribution >= 4 is 5.91 Å². The third-order valence-electron chi connectivity index (χ3n) is 3.99. The molecule has 0 radical (unpaired) electrons. The molecule has 0 saturated carbocycles. The van der Waals surface area contributed by atoms with Crippen LogP contribution in [0.1, 0.15) is 30.5 Å². The molecule has 0 bridgehead atoms. The minimum atomic E-state index is -4.64. The Morgan fingerprint density at radius 2 is 1.88 bits per heavy atom. The van der Waals surface area contributed by atoms with Gasteiger partial charge in [0.1, 0.15) is 5.75 Å². The molecule has 2 heterocycles. The second-order valence-electron chi connectivity index (χ2n) is 5.70. The Hall–Kier alpha value is -2.58. The van der Waals surface area contributed by atoms with E-state index in [0.29, 0.717) is 31.7 Å². The van der Waals surface area contributed by atoms with Gasteiger partial charge in [-0.1, -0.05) is 18.2 Å². The van der Waals surface area contributed by atoms with Gasteiger partial charge < -0.3 is 14.1 Å². The number of hydrogen-bond acceptors (Lipinski definition) is 5. The Bertz CT molecular complexity index is 710. The first kappa shape index (κ1) is 17.2. The molecule has 0 atom stereocenters. The van der Waals surface area contributed by atoms with E-state index in [4.69, 9.17) is 9.15 Å². The van der Waals surface area contributed by atoms with Crippen LogP contribution in [0.15, 0.2) is 34.7 Å². The molecule has 1 fully saturated rings. The maximum Gasteiger partial charge on any atom is 0.470 e. The van der Waals surface area contributed by atoms with Gasteiger partial charge in [-0.3, -0.25) is 4.79 Å². The molecule has 0 aliphatic carbocycles. The first-order valence-electron chi connectivity index (χ1n) is 7.79. The van der Waals surface area contributed by atoms with Crippen molar-refractivity contribution in [3.63, 3.8) is 0 Å². The van der Waals surface area contributed by atoms with Crippen LogP contribution in [0.4, 0.5) is 13.2 Å². The van der Waals surface area contributed by atoms with Crippen LogP contribution in [-0.4, -0.2) is 40.7 Å². The number of alkyl halides is 3. The zero-order valence-electron chi connectivity index (χ0n) is 13.2. The average molecular weight is 355 g/mol. The highest BCUT2D eigenvalue weighted by Crippen LogP contribution is 2.32. The smallest absolute Gasteiger partial charge is 0.470 e. The molecule has 25 heavy (non-hydrogen) atoms. The van der Waals surface area contributed by atoms with Gasteiger partial charge in [0, 0.05) is 19.0 Å². The number of nitrogens with zero attached hydrogens (tertiary/aromatic N) is 3. The van der Waals surface area contributed by atoms with Crippen molar-refractivity contribution in [2.45, 2.75) is 24.9 Å². The minimum absolute atomic E-state index is 0.0278. The van der Waals surface area contributed by atoms with E-state index >= 15 is 0 Å². The van der Waals surface area contributed by atoms with Crippen molar-refractivity contribution < 1.29 is 27.1 Å². The second-order valence-corrected chi connectivity index (χ2v) is 5.70. The summed E-state index contributed by atoms with van der Waals surface area (Å²) in [5, 5.41) is 6.52. The third-order valence-corrected chi connectivity index (χ3v) is 3.99. The predicted molar refractivity (Wildman–Crippen MR) is 79.8 cm³/mol. The normalized spacial score (nSPS) is 16.0. The third kappa shape index (κ3) is 4.28. The van der Waals surface area contributed by atoms with E-state index in [2.05, 4.69) is 10.2 Å². The molecule has 1 saturated heterocycles. The molecule has 6 nitrogen and oxygen atoms in total. The van der Waals surface area contributed by atoms with Gasteiger partial charge in [-0.15, -0.1) is 10.2 Å². The van der Waals surface area contributed by atoms with Crippen LogP contribution in [0.5, 0.6) is 5.75 Å². The van der Waals surface area contributed by atoms with Crippen LogP contribution in [0.3, 0.4) is 0 Å². The lowest BCUT2D eigenvalue weighted by Gasteiger charge is -2.30. The van der Waals surface area contributed by atoms with Crippen molar-refractivity contribution in [1.29, 1.82) is 0 Å². The summed E-state index contributed by atoms with van der Waals surface area (Å²) in [5.41, 5.74) is 0. The SMILES string of the molecule is O=C(COc1ccccc1)N1CCC(c2nnc(C(F)(F)F)o2)CC1. The van der Waals surface area contributed by atoms with E-state index in [1.165, 1.54) is 0 Å². The molecule has 2 aromatic rings. The van der Waals surface area contributed by atoms with Crippen LogP contribution < -0.4 is 4.74 Å². The van der Waals surface area contributed by atoms with Gasteiger partial charge in [0.15, 0.2) is 6.61 Å². The Morgan fingerprint density at radius 1 is 1.20 bits per heavy atom. The molecule has 0 unspecified atom stereocenters. The van der Waals surface area contributed by atoms with E-state index in [9.17, 15) is 18.0 Å². The van der Waals surface area contributed by atoms with Gasteiger partial charge in [0.25, 0.3) is 5.91 Å². The summed E-state index contributed by atoms with van der Waals surface area (Å²) < 4.78 is 47.6. The first-order valence-corrected chi connectivity index (χ1v) is 7.79. The number of benzene rings is 1. The molecule has 1 aromatic carbocycles. The Labute approximate surface area is 141 Å². The highest BCUT2D eigenvalue weighted by atomic mass is 19.4. The summed E-state index contributed by atoms with van der Waals surface area (Å²) in [5.74, 6) is -1.19. The summed E-state index contributed by atoms with van der Waals surface area (Å²) in [6, 6.07) is 8.98. The predicted octanol–water partition coefficient (Wildman–Crippen LogP) is 2.87. The molecular formula is C16H16F3N3O3. The largest absolute Gasteiger partial charge is 0.484 e. The fourth-order valence-electron chi connectivity index (χ4n) is 2.64. The molecule has 0 N–H and O–H groups in total. The monoisotopic (exact) mass is 355 g/mol. The number of aromatic nitrogens is 2. The quantitative estimate of drug-likeness (QED) is 0.844. The molecule has 1 aromatic heterocycles. The van der Waals surface area contributed by atoms with Crippen molar-refractivity contribution in [3.05, 3.63) is 42.1 Å². The van der Waals surface area contributed by atoms with Crippen molar-refractivity contribution in [1.82, 2.24) is 15.1 Å². The molecule has 9 heteroatoms. The summed E-state index contributed by atoms with van der Waals surface area (Å²) in [7, 11) is 0. The molecule has 134 valence electrons. The number of para-hydroxylation sites is 1. The summed E-state index contributed by atoms with van der Waals surface area (Å²) >= 11 is 0. The molecular weight excluding hydrogens is 339 g/mol. The number of carbonyl (C=O) groups excluding carboxylic acids is 1. The zero-order valence-corrected chi connectivity index (χ0v) is 13.2. The zero-order chi connectivity index (χ0) is 17.9. The fourth-order valence-corrected chi connectivity index (χ4v) is 2.64. The van der Waals surface area contributed by atoms with Crippen LogP contribution >= 0.6 is 0 Å². The Morgan fingerprint density at radius 3 is 2.48 bits per heavy atom. The van der Waals surface area contributed by atoms with Crippen LogP contribution in [0.25, 0.3) is 0 Å². The number of piperidine rings is 1. The summed E-state index contributed by atoms with van der Waals surface area (Å²) in [6.07, 6.45) is -3.70. The molecule has 1 aliphatic rings. The number of hydrogen-bond donors (Lipinski definition) is 0. The molecule has 0 spiro atoms. The molecule has 3 rings (SSSR count). The first-order chi connectivity index (χ1) is 11.9. The number of likely N-dealkylation sites (tertiary alicyclic amines) is 1. The van der Waals surface area contributed by atoms with Gasteiger partial charge >= 0.3 is 12.1 Å². The summed E-state index contributed by atoms with van der Waals surface area (Å²) in [6.45, 7) is 0.740. The maximum atomic E-state index is 12.5. The van der Waals surface area contributed by atoms with Crippen LogP contribution in [-0.2, 0) is 11.0 Å². The highest BCUT2D eigenvalue weighted by molar-refractivity contribution is 5.77. The number of ether oxygens (including phenoxy) is 1. The molecule has 1 aliphatic heterocycles. The lowest BCUT2D eigenvalue weighted by atomic mass is 9.97. The molecule has 1 amide bonds. The average Bonchev–Trinajstić information content (AvgIpc) is 3.11. The van der Waals surface area contributed by atoms with Crippen LogP contribution in [0.2, 0.25) is 0 Å². The number of carbonyl (C=O) groups is 1. The number of halogens is 3. The van der Waals surface area contributed by atoms with Crippen LogP contribution in [0, 0.1) is 0 Å². The number of rotatable bonds is 4. The van der Waals surface area contributed by atoms with Crippen molar-refractivity contribution in [2.75, 3.05) is 19.7 Å². The second kappa shape index (κ2) is 7.12. The minimum Gasteiger partial charge on any atom is -0.484 e.